The zero-order chi connectivity index (χ0) is 28.3. The summed E-state index contributed by atoms with van der Waals surface area (Å²) in [5, 5.41) is 29.1. The highest BCUT2D eigenvalue weighted by Gasteiger charge is 2.55. The van der Waals surface area contributed by atoms with Crippen molar-refractivity contribution >= 4 is 30.7 Å². The van der Waals surface area contributed by atoms with Crippen molar-refractivity contribution in [3.63, 3.8) is 0 Å². The van der Waals surface area contributed by atoms with Crippen LogP contribution in [0, 0.1) is 0 Å². The van der Waals surface area contributed by atoms with Crippen LogP contribution in [0.4, 0.5) is 4.79 Å². The summed E-state index contributed by atoms with van der Waals surface area (Å²) in [5.74, 6) is -0.488. The number of rotatable bonds is 7. The molecule has 0 heterocycles. The average molecular weight is 543 g/mol. The standard InChI is InChI=1S/C29H42N2O6Si/c1-19(30-27(35)36-28(2,3)4)26(34)31-22-18-23(25(33)24(22)32)37-38(29(5,6)7,20-14-10-8-11-15-20)21-16-12-9-13-17-21/h8-17,19,22-25,32-33H,18H2,1-7H3,(H,30,35)(H,31,34)/t19-,22-,23+,24+,25-/m0/s1. The van der Waals surface area contributed by atoms with E-state index in [9.17, 15) is 19.8 Å². The van der Waals surface area contributed by atoms with Crippen LogP contribution in [0.1, 0.15) is 54.9 Å². The lowest BCUT2D eigenvalue weighted by atomic mass is 10.2. The zero-order valence-electron chi connectivity index (χ0n) is 23.4. The number of benzene rings is 2. The van der Waals surface area contributed by atoms with Crippen molar-refractivity contribution < 1.29 is 29.0 Å². The van der Waals surface area contributed by atoms with E-state index in [1.165, 1.54) is 6.92 Å². The fourth-order valence-electron chi connectivity index (χ4n) is 5.03. The fourth-order valence-corrected chi connectivity index (χ4v) is 9.73. The molecule has 3 rings (SSSR count). The van der Waals surface area contributed by atoms with Crippen molar-refractivity contribution in [3.8, 4) is 0 Å². The van der Waals surface area contributed by atoms with Crippen LogP contribution in [0.15, 0.2) is 60.7 Å². The monoisotopic (exact) mass is 542 g/mol. The van der Waals surface area contributed by atoms with E-state index >= 15 is 0 Å². The second kappa shape index (κ2) is 11.6. The number of ether oxygens (including phenoxy) is 1. The third-order valence-electron chi connectivity index (χ3n) is 6.83. The summed E-state index contributed by atoms with van der Waals surface area (Å²) >= 11 is 0. The molecule has 0 aromatic heterocycles. The maximum atomic E-state index is 12.8. The third kappa shape index (κ3) is 6.64. The summed E-state index contributed by atoms with van der Waals surface area (Å²) in [7, 11) is -2.98. The Balaban J connectivity index is 1.84. The highest BCUT2D eigenvalue weighted by molar-refractivity contribution is 6.99. The van der Waals surface area contributed by atoms with Gasteiger partial charge < -0.3 is 30.0 Å². The number of carbonyl (C=O) groups is 2. The molecule has 208 valence electrons. The molecule has 0 bridgehead atoms. The maximum Gasteiger partial charge on any atom is 0.408 e. The Hall–Kier alpha value is -2.72. The number of carbonyl (C=O) groups excluding carboxylic acids is 2. The molecular formula is C29H42N2O6Si. The molecule has 2 aromatic rings. The van der Waals surface area contributed by atoms with Crippen molar-refractivity contribution in [3.05, 3.63) is 60.7 Å². The van der Waals surface area contributed by atoms with E-state index in [-0.39, 0.29) is 11.5 Å². The van der Waals surface area contributed by atoms with E-state index in [1.54, 1.807) is 20.8 Å². The largest absolute Gasteiger partial charge is 0.444 e. The molecule has 5 atom stereocenters. The van der Waals surface area contributed by atoms with Crippen LogP contribution in [-0.4, -0.2) is 66.5 Å². The van der Waals surface area contributed by atoms with Gasteiger partial charge >= 0.3 is 6.09 Å². The van der Waals surface area contributed by atoms with Crippen molar-refractivity contribution in [2.75, 3.05) is 0 Å². The molecule has 2 amide bonds. The number of hydrogen-bond acceptors (Lipinski definition) is 6. The minimum absolute atomic E-state index is 0.220. The van der Waals surface area contributed by atoms with Gasteiger partial charge in [-0.25, -0.2) is 4.79 Å². The van der Waals surface area contributed by atoms with E-state index < -0.39 is 56.3 Å². The Morgan fingerprint density at radius 3 is 1.84 bits per heavy atom. The summed E-state index contributed by atoms with van der Waals surface area (Å²) in [5.41, 5.74) is -0.697. The molecule has 8 nitrogen and oxygen atoms in total. The molecule has 9 heteroatoms. The van der Waals surface area contributed by atoms with Gasteiger partial charge in [-0.05, 0) is 49.5 Å². The van der Waals surface area contributed by atoms with E-state index in [4.69, 9.17) is 9.16 Å². The van der Waals surface area contributed by atoms with Crippen LogP contribution in [0.25, 0.3) is 0 Å². The summed E-state index contributed by atoms with van der Waals surface area (Å²) in [4.78, 5) is 24.9. The molecule has 1 aliphatic rings. The Morgan fingerprint density at radius 1 is 0.895 bits per heavy atom. The topological polar surface area (TPSA) is 117 Å². The lowest BCUT2D eigenvalue weighted by Gasteiger charge is -2.45. The van der Waals surface area contributed by atoms with Gasteiger partial charge in [-0.2, -0.15) is 0 Å². The molecule has 1 fully saturated rings. The number of hydrogen-bond donors (Lipinski definition) is 4. The lowest BCUT2D eigenvalue weighted by Crippen LogP contribution is -2.68. The Morgan fingerprint density at radius 2 is 1.39 bits per heavy atom. The van der Waals surface area contributed by atoms with Crippen molar-refractivity contribution in [1.82, 2.24) is 10.6 Å². The van der Waals surface area contributed by atoms with Gasteiger partial charge in [0.25, 0.3) is 8.32 Å². The van der Waals surface area contributed by atoms with E-state index in [2.05, 4.69) is 55.7 Å². The highest BCUT2D eigenvalue weighted by atomic mass is 28.4. The zero-order valence-corrected chi connectivity index (χ0v) is 24.4. The summed E-state index contributed by atoms with van der Waals surface area (Å²) < 4.78 is 12.2. The van der Waals surface area contributed by atoms with Gasteiger partial charge in [0.2, 0.25) is 5.91 Å². The van der Waals surface area contributed by atoms with Gasteiger partial charge in [-0.3, -0.25) is 4.79 Å². The number of amides is 2. The molecule has 2 aromatic carbocycles. The normalized spacial score (nSPS) is 23.0. The van der Waals surface area contributed by atoms with Gasteiger partial charge in [-0.15, -0.1) is 0 Å². The Bertz CT molecular complexity index is 1040. The molecule has 4 N–H and O–H groups in total. The van der Waals surface area contributed by atoms with Gasteiger partial charge in [0.1, 0.15) is 23.9 Å². The summed E-state index contributed by atoms with van der Waals surface area (Å²) in [6.07, 6.45) is -3.62. The number of nitrogens with one attached hydrogen (secondary N) is 2. The minimum atomic E-state index is -2.98. The average Bonchev–Trinajstić information content (AvgIpc) is 3.09. The van der Waals surface area contributed by atoms with E-state index in [0.717, 1.165) is 10.4 Å². The molecule has 0 radical (unpaired) electrons. The first kappa shape index (κ1) is 29.8. The predicted octanol–water partition coefficient (Wildman–Crippen LogP) is 2.46. The van der Waals surface area contributed by atoms with Gasteiger partial charge in [0.05, 0.1) is 12.1 Å². The maximum absolute atomic E-state index is 12.8. The first-order chi connectivity index (χ1) is 17.7. The quantitative estimate of drug-likeness (QED) is 0.400. The number of alkyl carbamates (subject to hydrolysis) is 1. The molecule has 0 spiro atoms. The fraction of sp³-hybridized carbons (Fsp3) is 0.517. The van der Waals surface area contributed by atoms with Crippen LogP contribution in [0.3, 0.4) is 0 Å². The molecule has 0 saturated heterocycles. The Labute approximate surface area is 226 Å². The first-order valence-corrected chi connectivity index (χ1v) is 15.0. The van der Waals surface area contributed by atoms with Gasteiger partial charge in [0.15, 0.2) is 0 Å². The molecule has 0 unspecified atom stereocenters. The van der Waals surface area contributed by atoms with Crippen LogP contribution in [0.5, 0.6) is 0 Å². The van der Waals surface area contributed by atoms with E-state index in [0.29, 0.717) is 0 Å². The summed E-state index contributed by atoms with van der Waals surface area (Å²) in [6, 6.07) is 18.5. The summed E-state index contributed by atoms with van der Waals surface area (Å²) in [6.45, 7) is 13.2. The Kier molecular flexibility index (Phi) is 9.08. The van der Waals surface area contributed by atoms with Crippen molar-refractivity contribution in [2.45, 2.75) is 95.9 Å². The van der Waals surface area contributed by atoms with Crippen LogP contribution >= 0.6 is 0 Å². The predicted molar refractivity (Wildman–Crippen MR) is 150 cm³/mol. The minimum Gasteiger partial charge on any atom is -0.444 e. The number of aliphatic hydroxyl groups is 2. The van der Waals surface area contributed by atoms with E-state index in [1.807, 2.05) is 36.4 Å². The first-order valence-electron chi connectivity index (χ1n) is 13.1. The number of aliphatic hydroxyl groups excluding tert-OH is 2. The second-order valence-electron chi connectivity index (χ2n) is 12.0. The highest BCUT2D eigenvalue weighted by Crippen LogP contribution is 2.39. The smallest absolute Gasteiger partial charge is 0.408 e. The molecule has 1 aliphatic carbocycles. The van der Waals surface area contributed by atoms with Crippen LogP contribution in [0.2, 0.25) is 5.04 Å². The van der Waals surface area contributed by atoms with Crippen molar-refractivity contribution in [1.29, 1.82) is 0 Å². The molecule has 0 aliphatic heterocycles. The van der Waals surface area contributed by atoms with Crippen LogP contribution < -0.4 is 21.0 Å². The molecule has 38 heavy (non-hydrogen) atoms. The van der Waals surface area contributed by atoms with Gasteiger partial charge in [-0.1, -0.05) is 81.4 Å². The van der Waals surface area contributed by atoms with Crippen molar-refractivity contribution in [2.24, 2.45) is 0 Å². The third-order valence-corrected chi connectivity index (χ3v) is 11.9. The lowest BCUT2D eigenvalue weighted by molar-refractivity contribution is -0.124. The molecular weight excluding hydrogens is 500 g/mol. The molecule has 1 saturated carbocycles. The van der Waals surface area contributed by atoms with Crippen LogP contribution in [-0.2, 0) is 14.0 Å². The van der Waals surface area contributed by atoms with Gasteiger partial charge in [0, 0.05) is 0 Å². The second-order valence-corrected chi connectivity index (χ2v) is 16.3. The SMILES string of the molecule is C[C@H](NC(=O)OC(C)(C)C)C(=O)N[C@H]1C[C@@H](O[Si](c2ccccc2)(c2ccccc2)C(C)(C)C)[C@H](O)[C@@H]1O.